The monoisotopic (exact) mass is 381 g/mol. The number of amides is 1. The summed E-state index contributed by atoms with van der Waals surface area (Å²) in [6, 6.07) is 14.4. The molecule has 0 unspecified atom stereocenters. The molecule has 1 aromatic heterocycles. The van der Waals surface area contributed by atoms with Crippen LogP contribution in [0.4, 0.5) is 0 Å². The zero-order chi connectivity index (χ0) is 19.5. The zero-order valence-electron chi connectivity index (χ0n) is 15.3. The Bertz CT molecular complexity index is 1040. The molecule has 2 heterocycles. The first kappa shape index (κ1) is 17.8. The van der Waals surface area contributed by atoms with E-state index in [1.54, 1.807) is 12.1 Å². The molecular weight excluding hydrogens is 362 g/mol. The van der Waals surface area contributed by atoms with Crippen molar-refractivity contribution in [2.45, 2.75) is 19.5 Å². The van der Waals surface area contributed by atoms with Crippen molar-refractivity contribution < 1.29 is 18.8 Å². The van der Waals surface area contributed by atoms with Crippen molar-refractivity contribution in [3.8, 4) is 22.9 Å². The molecule has 0 fully saturated rings. The van der Waals surface area contributed by atoms with E-state index < -0.39 is 5.76 Å². The molecule has 0 radical (unpaired) electrons. The van der Waals surface area contributed by atoms with Crippen molar-refractivity contribution in [1.29, 1.82) is 0 Å². The molecule has 3 aromatic rings. The van der Waals surface area contributed by atoms with Gasteiger partial charge in [0.1, 0.15) is 19.8 Å². The Morgan fingerprint density at radius 3 is 2.68 bits per heavy atom. The largest absolute Gasteiger partial charge is 0.486 e. The Labute approximate surface area is 160 Å². The number of benzene rings is 2. The van der Waals surface area contributed by atoms with Gasteiger partial charge in [-0.2, -0.15) is 0 Å². The summed E-state index contributed by atoms with van der Waals surface area (Å²) in [6.07, 6.45) is 0. The van der Waals surface area contributed by atoms with E-state index in [1.165, 1.54) is 4.57 Å². The number of hydrogen-bond acceptors (Lipinski definition) is 6. The lowest BCUT2D eigenvalue weighted by Crippen LogP contribution is -2.33. The number of fused-ring (bicyclic) bond motifs is 1. The molecule has 1 atom stereocenters. The molecule has 0 saturated carbocycles. The highest BCUT2D eigenvalue weighted by molar-refractivity contribution is 5.77. The van der Waals surface area contributed by atoms with Gasteiger partial charge >= 0.3 is 5.76 Å². The van der Waals surface area contributed by atoms with Crippen LogP contribution >= 0.6 is 0 Å². The standard InChI is InChI=1S/C20H19N3O5/c1-13(15-7-8-16-17(11-15)27-10-9-26-16)21-18(24)12-23-19(22-28-20(23)25)14-5-3-2-4-6-14/h2-8,11,13H,9-10,12H2,1H3,(H,21,24)/t13-/m1/s1. The fraction of sp³-hybridized carbons (Fsp3) is 0.250. The lowest BCUT2D eigenvalue weighted by atomic mass is 10.1. The van der Waals surface area contributed by atoms with Crippen LogP contribution in [0.3, 0.4) is 0 Å². The Morgan fingerprint density at radius 2 is 1.89 bits per heavy atom. The van der Waals surface area contributed by atoms with Gasteiger partial charge in [-0.15, -0.1) is 0 Å². The summed E-state index contributed by atoms with van der Waals surface area (Å²) in [6.45, 7) is 2.69. The second-order valence-electron chi connectivity index (χ2n) is 6.42. The molecule has 0 saturated heterocycles. The number of aromatic nitrogens is 2. The van der Waals surface area contributed by atoms with E-state index in [-0.39, 0.29) is 18.5 Å². The van der Waals surface area contributed by atoms with Crippen LogP contribution in [0.25, 0.3) is 11.4 Å². The quantitative estimate of drug-likeness (QED) is 0.728. The van der Waals surface area contributed by atoms with Crippen LogP contribution in [0.1, 0.15) is 18.5 Å². The maximum absolute atomic E-state index is 12.5. The van der Waals surface area contributed by atoms with Crippen LogP contribution < -0.4 is 20.5 Å². The molecule has 1 aliphatic heterocycles. The zero-order valence-corrected chi connectivity index (χ0v) is 15.3. The summed E-state index contributed by atoms with van der Waals surface area (Å²) >= 11 is 0. The van der Waals surface area contributed by atoms with E-state index in [1.807, 2.05) is 43.3 Å². The van der Waals surface area contributed by atoms with Gasteiger partial charge in [-0.25, -0.2) is 9.36 Å². The normalized spacial score (nSPS) is 13.8. The van der Waals surface area contributed by atoms with Crippen LogP contribution in [0, 0.1) is 0 Å². The summed E-state index contributed by atoms with van der Waals surface area (Å²) in [4.78, 5) is 24.5. The maximum Gasteiger partial charge on any atom is 0.442 e. The third-order valence-electron chi connectivity index (χ3n) is 4.46. The van der Waals surface area contributed by atoms with Crippen molar-refractivity contribution in [2.75, 3.05) is 13.2 Å². The Kier molecular flexibility index (Phi) is 4.84. The van der Waals surface area contributed by atoms with E-state index >= 15 is 0 Å². The first-order chi connectivity index (χ1) is 13.6. The first-order valence-electron chi connectivity index (χ1n) is 8.92. The Hall–Kier alpha value is -3.55. The van der Waals surface area contributed by atoms with Crippen molar-refractivity contribution in [3.63, 3.8) is 0 Å². The van der Waals surface area contributed by atoms with E-state index in [0.29, 0.717) is 36.1 Å². The molecule has 1 aliphatic rings. The van der Waals surface area contributed by atoms with Gasteiger partial charge in [0.15, 0.2) is 17.3 Å². The number of carbonyl (C=O) groups is 1. The topological polar surface area (TPSA) is 95.6 Å². The van der Waals surface area contributed by atoms with Gasteiger partial charge in [0.25, 0.3) is 0 Å². The minimum absolute atomic E-state index is 0.193. The van der Waals surface area contributed by atoms with Gasteiger partial charge in [-0.3, -0.25) is 9.32 Å². The molecule has 4 rings (SSSR count). The number of hydrogen-bond donors (Lipinski definition) is 1. The first-order valence-corrected chi connectivity index (χ1v) is 8.92. The van der Waals surface area contributed by atoms with Gasteiger partial charge in [-0.1, -0.05) is 41.6 Å². The van der Waals surface area contributed by atoms with Gasteiger partial charge in [0.05, 0.1) is 6.04 Å². The van der Waals surface area contributed by atoms with E-state index in [4.69, 9.17) is 14.0 Å². The van der Waals surface area contributed by atoms with Crippen LogP contribution in [-0.2, 0) is 11.3 Å². The van der Waals surface area contributed by atoms with Crippen LogP contribution in [-0.4, -0.2) is 28.8 Å². The highest BCUT2D eigenvalue weighted by Gasteiger charge is 2.19. The highest BCUT2D eigenvalue weighted by Crippen LogP contribution is 2.32. The SMILES string of the molecule is C[C@@H](NC(=O)Cn1c(-c2ccccc2)noc1=O)c1ccc2c(c1)OCCO2. The van der Waals surface area contributed by atoms with E-state index in [9.17, 15) is 9.59 Å². The molecule has 144 valence electrons. The molecule has 0 spiro atoms. The number of rotatable bonds is 5. The van der Waals surface area contributed by atoms with Gasteiger partial charge in [0, 0.05) is 5.56 Å². The molecule has 0 aliphatic carbocycles. The fourth-order valence-corrected chi connectivity index (χ4v) is 3.05. The number of nitrogens with one attached hydrogen (secondary N) is 1. The molecular formula is C20H19N3O5. The maximum atomic E-state index is 12.5. The third-order valence-corrected chi connectivity index (χ3v) is 4.46. The third kappa shape index (κ3) is 3.62. The number of carbonyl (C=O) groups excluding carboxylic acids is 1. The summed E-state index contributed by atoms with van der Waals surface area (Å²) in [7, 11) is 0. The molecule has 28 heavy (non-hydrogen) atoms. The molecule has 1 N–H and O–H groups in total. The molecule has 8 heteroatoms. The minimum Gasteiger partial charge on any atom is -0.486 e. The smallest absolute Gasteiger partial charge is 0.442 e. The Balaban J connectivity index is 1.48. The van der Waals surface area contributed by atoms with E-state index in [0.717, 1.165) is 5.56 Å². The van der Waals surface area contributed by atoms with Gasteiger partial charge < -0.3 is 14.8 Å². The van der Waals surface area contributed by atoms with Crippen molar-refractivity contribution in [3.05, 3.63) is 64.6 Å². The summed E-state index contributed by atoms with van der Waals surface area (Å²) < 4.78 is 17.1. The summed E-state index contributed by atoms with van der Waals surface area (Å²) in [5, 5.41) is 6.67. The van der Waals surface area contributed by atoms with Crippen molar-refractivity contribution in [1.82, 2.24) is 15.0 Å². The van der Waals surface area contributed by atoms with Crippen LogP contribution in [0.15, 0.2) is 57.8 Å². The second-order valence-corrected chi connectivity index (χ2v) is 6.42. The number of ether oxygens (including phenoxy) is 2. The second kappa shape index (κ2) is 7.59. The lowest BCUT2D eigenvalue weighted by Gasteiger charge is -2.21. The number of nitrogens with zero attached hydrogens (tertiary/aromatic N) is 2. The van der Waals surface area contributed by atoms with Crippen molar-refractivity contribution in [2.24, 2.45) is 0 Å². The van der Waals surface area contributed by atoms with Gasteiger partial charge in [0.2, 0.25) is 5.91 Å². The summed E-state index contributed by atoms with van der Waals surface area (Å²) in [5.41, 5.74) is 1.57. The summed E-state index contributed by atoms with van der Waals surface area (Å²) in [5.74, 6) is 0.655. The molecule has 2 aromatic carbocycles. The molecule has 8 nitrogen and oxygen atoms in total. The predicted octanol–water partition coefficient (Wildman–Crippen LogP) is 2.15. The fourth-order valence-electron chi connectivity index (χ4n) is 3.05. The predicted molar refractivity (Wildman–Crippen MR) is 100 cm³/mol. The highest BCUT2D eigenvalue weighted by atomic mass is 16.6. The van der Waals surface area contributed by atoms with Crippen molar-refractivity contribution >= 4 is 5.91 Å². The lowest BCUT2D eigenvalue weighted by molar-refractivity contribution is -0.122. The van der Waals surface area contributed by atoms with E-state index in [2.05, 4.69) is 10.5 Å². The molecule has 1 amide bonds. The minimum atomic E-state index is -0.680. The van der Waals surface area contributed by atoms with Crippen LogP contribution in [0.2, 0.25) is 0 Å². The van der Waals surface area contributed by atoms with Crippen LogP contribution in [0.5, 0.6) is 11.5 Å². The average Bonchev–Trinajstić information content (AvgIpc) is 3.08. The molecule has 0 bridgehead atoms. The average molecular weight is 381 g/mol. The van der Waals surface area contributed by atoms with Gasteiger partial charge in [-0.05, 0) is 24.6 Å². The Morgan fingerprint density at radius 1 is 1.14 bits per heavy atom.